The fourth-order valence-corrected chi connectivity index (χ4v) is 3.15. The van der Waals surface area contributed by atoms with E-state index in [1.54, 1.807) is 0 Å². The number of nitrogens with one attached hydrogen (secondary N) is 2. The Morgan fingerprint density at radius 2 is 1.95 bits per heavy atom. The predicted octanol–water partition coefficient (Wildman–Crippen LogP) is 3.18. The lowest BCUT2D eigenvalue weighted by molar-refractivity contribution is 0.460. The Labute approximate surface area is 112 Å². The van der Waals surface area contributed by atoms with Crippen LogP contribution in [0.2, 0.25) is 0 Å². The Morgan fingerprint density at radius 3 is 2.84 bits per heavy atom. The van der Waals surface area contributed by atoms with Gasteiger partial charge in [-0.1, -0.05) is 6.07 Å². The van der Waals surface area contributed by atoms with Gasteiger partial charge in [0, 0.05) is 22.5 Å². The molecular weight excluding hydrogens is 234 g/mol. The fraction of sp³-hybridized carbons (Fsp3) is 0.312. The highest BCUT2D eigenvalue weighted by atomic mass is 14.9. The van der Waals surface area contributed by atoms with Gasteiger partial charge in [0.25, 0.3) is 0 Å². The first-order valence-electron chi connectivity index (χ1n) is 6.99. The van der Waals surface area contributed by atoms with Crippen molar-refractivity contribution in [3.63, 3.8) is 0 Å². The van der Waals surface area contributed by atoms with E-state index in [4.69, 9.17) is 0 Å². The molecular formula is C16H17N3. The first kappa shape index (κ1) is 11.0. The van der Waals surface area contributed by atoms with Gasteiger partial charge in [0.2, 0.25) is 0 Å². The molecule has 1 aliphatic rings. The maximum atomic E-state index is 4.40. The number of H-pyrrole nitrogens is 1. The molecule has 0 radical (unpaired) electrons. The minimum absolute atomic E-state index is 0.701. The predicted molar refractivity (Wildman–Crippen MR) is 78.4 cm³/mol. The van der Waals surface area contributed by atoms with Crippen molar-refractivity contribution in [3.8, 4) is 0 Å². The van der Waals surface area contributed by atoms with Crippen molar-refractivity contribution in [1.29, 1.82) is 0 Å². The number of fused-ring (bicyclic) bond motifs is 3. The number of benzene rings is 1. The lowest BCUT2D eigenvalue weighted by Gasteiger charge is -2.23. The molecule has 1 fully saturated rings. The van der Waals surface area contributed by atoms with Crippen LogP contribution in [0.4, 0.5) is 0 Å². The summed E-state index contributed by atoms with van der Waals surface area (Å²) in [5.41, 5.74) is 3.64. The van der Waals surface area contributed by atoms with E-state index in [-0.39, 0.29) is 0 Å². The van der Waals surface area contributed by atoms with Gasteiger partial charge < -0.3 is 10.3 Å². The third kappa shape index (κ3) is 1.81. The number of hydrogen-bond acceptors (Lipinski definition) is 2. The Balaban J connectivity index is 1.87. The normalized spacial score (nSPS) is 17.3. The number of aromatic amines is 1. The molecule has 1 saturated heterocycles. The van der Waals surface area contributed by atoms with E-state index in [0.29, 0.717) is 5.92 Å². The molecule has 96 valence electrons. The molecule has 3 nitrogen and oxygen atoms in total. The molecule has 4 rings (SSSR count). The summed E-state index contributed by atoms with van der Waals surface area (Å²) < 4.78 is 0. The molecule has 3 aromatic rings. The molecule has 1 aliphatic heterocycles. The number of hydrogen-bond donors (Lipinski definition) is 2. The Bertz CT molecular complexity index is 723. The smallest absolute Gasteiger partial charge is 0.138 e. The van der Waals surface area contributed by atoms with Crippen LogP contribution in [0.15, 0.2) is 36.5 Å². The van der Waals surface area contributed by atoms with Gasteiger partial charge >= 0.3 is 0 Å². The van der Waals surface area contributed by atoms with E-state index in [2.05, 4.69) is 39.6 Å². The number of aromatic nitrogens is 2. The summed E-state index contributed by atoms with van der Waals surface area (Å²) in [4.78, 5) is 7.78. The van der Waals surface area contributed by atoms with Gasteiger partial charge in [0.1, 0.15) is 5.65 Å². The summed E-state index contributed by atoms with van der Waals surface area (Å²) in [6.45, 7) is 2.27. The van der Waals surface area contributed by atoms with Crippen molar-refractivity contribution in [2.45, 2.75) is 18.8 Å². The second-order valence-electron chi connectivity index (χ2n) is 5.35. The molecule has 0 saturated carbocycles. The summed E-state index contributed by atoms with van der Waals surface area (Å²) >= 11 is 0. The van der Waals surface area contributed by atoms with Crippen LogP contribution in [0.1, 0.15) is 24.3 Å². The second-order valence-corrected chi connectivity index (χ2v) is 5.35. The highest BCUT2D eigenvalue weighted by molar-refractivity contribution is 6.05. The average molecular weight is 251 g/mol. The molecule has 0 spiro atoms. The zero-order valence-electron chi connectivity index (χ0n) is 10.8. The van der Waals surface area contributed by atoms with Crippen LogP contribution in [-0.4, -0.2) is 23.1 Å². The van der Waals surface area contributed by atoms with Crippen LogP contribution in [0, 0.1) is 0 Å². The highest BCUT2D eigenvalue weighted by Crippen LogP contribution is 2.30. The van der Waals surface area contributed by atoms with E-state index >= 15 is 0 Å². The number of nitrogens with zero attached hydrogens (tertiary/aromatic N) is 1. The first-order valence-corrected chi connectivity index (χ1v) is 6.99. The average Bonchev–Trinajstić information content (AvgIpc) is 2.86. The SMILES string of the molecule is c1cnc2[nH]c3ccc(C4CCNCC4)cc3c2c1. The molecule has 0 amide bonds. The van der Waals surface area contributed by atoms with Gasteiger partial charge in [0.05, 0.1) is 0 Å². The van der Waals surface area contributed by atoms with Gasteiger partial charge in [-0.25, -0.2) is 4.98 Å². The molecule has 2 aromatic heterocycles. The Morgan fingerprint density at radius 1 is 1.05 bits per heavy atom. The van der Waals surface area contributed by atoms with E-state index in [1.807, 2.05) is 12.3 Å². The molecule has 19 heavy (non-hydrogen) atoms. The third-order valence-corrected chi connectivity index (χ3v) is 4.21. The van der Waals surface area contributed by atoms with Crippen molar-refractivity contribution >= 4 is 21.9 Å². The number of piperidine rings is 1. The number of pyridine rings is 1. The van der Waals surface area contributed by atoms with Crippen molar-refractivity contribution in [2.24, 2.45) is 0 Å². The summed E-state index contributed by atoms with van der Waals surface area (Å²) in [7, 11) is 0. The first-order chi connectivity index (χ1) is 9.42. The van der Waals surface area contributed by atoms with Gasteiger partial charge in [-0.3, -0.25) is 0 Å². The maximum absolute atomic E-state index is 4.40. The zero-order chi connectivity index (χ0) is 12.7. The van der Waals surface area contributed by atoms with Crippen LogP contribution < -0.4 is 5.32 Å². The minimum Gasteiger partial charge on any atom is -0.339 e. The van der Waals surface area contributed by atoms with Crippen LogP contribution in [0.5, 0.6) is 0 Å². The van der Waals surface area contributed by atoms with Crippen molar-refractivity contribution in [1.82, 2.24) is 15.3 Å². The van der Waals surface area contributed by atoms with Crippen LogP contribution >= 0.6 is 0 Å². The highest BCUT2D eigenvalue weighted by Gasteiger charge is 2.16. The van der Waals surface area contributed by atoms with Gasteiger partial charge in [-0.2, -0.15) is 0 Å². The maximum Gasteiger partial charge on any atom is 0.138 e. The summed E-state index contributed by atoms with van der Waals surface area (Å²) in [6, 6.07) is 11.0. The van der Waals surface area contributed by atoms with Crippen LogP contribution in [0.3, 0.4) is 0 Å². The summed E-state index contributed by atoms with van der Waals surface area (Å²) in [5.74, 6) is 0.701. The molecule has 3 heteroatoms. The van der Waals surface area contributed by atoms with Gasteiger partial charge in [-0.15, -0.1) is 0 Å². The molecule has 0 bridgehead atoms. The monoisotopic (exact) mass is 251 g/mol. The summed E-state index contributed by atoms with van der Waals surface area (Å²) in [5, 5.41) is 5.96. The fourth-order valence-electron chi connectivity index (χ4n) is 3.15. The molecule has 0 unspecified atom stereocenters. The van der Waals surface area contributed by atoms with Gasteiger partial charge in [0.15, 0.2) is 0 Å². The lowest BCUT2D eigenvalue weighted by atomic mass is 9.89. The molecule has 1 aromatic carbocycles. The largest absolute Gasteiger partial charge is 0.339 e. The summed E-state index contributed by atoms with van der Waals surface area (Å²) in [6.07, 6.45) is 4.32. The topological polar surface area (TPSA) is 40.7 Å². The van der Waals surface area contributed by atoms with E-state index in [1.165, 1.54) is 34.7 Å². The van der Waals surface area contributed by atoms with Gasteiger partial charge in [-0.05, 0) is 61.7 Å². The molecule has 2 N–H and O–H groups in total. The lowest BCUT2D eigenvalue weighted by Crippen LogP contribution is -2.26. The Hall–Kier alpha value is -1.87. The standard InChI is InChI=1S/C16H17N3/c1-2-13-14-10-12(11-5-8-17-9-6-11)3-4-15(14)19-16(13)18-7-1/h1-4,7,10-11,17H,5-6,8-9H2,(H,18,19). The second kappa shape index (κ2) is 4.35. The van der Waals surface area contributed by atoms with Crippen LogP contribution in [-0.2, 0) is 0 Å². The molecule has 0 aliphatic carbocycles. The van der Waals surface area contributed by atoms with E-state index in [9.17, 15) is 0 Å². The molecule has 0 atom stereocenters. The van der Waals surface area contributed by atoms with Crippen molar-refractivity contribution < 1.29 is 0 Å². The van der Waals surface area contributed by atoms with E-state index in [0.717, 1.165) is 18.7 Å². The minimum atomic E-state index is 0.701. The quantitative estimate of drug-likeness (QED) is 0.697. The number of rotatable bonds is 1. The van der Waals surface area contributed by atoms with Crippen molar-refractivity contribution in [3.05, 3.63) is 42.1 Å². The zero-order valence-corrected chi connectivity index (χ0v) is 10.8. The molecule has 3 heterocycles. The Kier molecular flexibility index (Phi) is 2.52. The van der Waals surface area contributed by atoms with Crippen LogP contribution in [0.25, 0.3) is 21.9 Å². The van der Waals surface area contributed by atoms with Crippen molar-refractivity contribution in [2.75, 3.05) is 13.1 Å². The van der Waals surface area contributed by atoms with E-state index < -0.39 is 0 Å². The third-order valence-electron chi connectivity index (χ3n) is 4.21.